The van der Waals surface area contributed by atoms with Crippen LogP contribution >= 0.6 is 11.8 Å². The molecule has 0 saturated carbocycles. The molecular weight excluding hydrogens is 490 g/mol. The maximum Gasteiger partial charge on any atom is 0.234 e. The average molecular weight is 518 g/mol. The van der Waals surface area contributed by atoms with Crippen LogP contribution in [0.5, 0.6) is 11.5 Å². The smallest absolute Gasteiger partial charge is 0.234 e. The van der Waals surface area contributed by atoms with Gasteiger partial charge in [0.2, 0.25) is 5.91 Å². The predicted molar refractivity (Wildman–Crippen MR) is 143 cm³/mol. The monoisotopic (exact) mass is 517 g/mol. The lowest BCUT2D eigenvalue weighted by atomic mass is 10.2. The van der Waals surface area contributed by atoms with Crippen LogP contribution in [0, 0.1) is 13.8 Å². The van der Waals surface area contributed by atoms with E-state index in [1.165, 1.54) is 11.8 Å². The number of anilines is 1. The molecule has 0 fully saturated rings. The van der Waals surface area contributed by atoms with Gasteiger partial charge in [0.05, 0.1) is 36.9 Å². The van der Waals surface area contributed by atoms with Gasteiger partial charge >= 0.3 is 0 Å². The van der Waals surface area contributed by atoms with E-state index in [0.717, 1.165) is 22.3 Å². The summed E-state index contributed by atoms with van der Waals surface area (Å²) in [5, 5.41) is 13.7. The Labute approximate surface area is 218 Å². The van der Waals surface area contributed by atoms with Crippen molar-refractivity contribution in [2.24, 2.45) is 0 Å². The summed E-state index contributed by atoms with van der Waals surface area (Å²) in [5.74, 6) is 1.80. The molecule has 2 aromatic carbocycles. The number of rotatable bonds is 9. The number of carbonyl (C=O) groups is 1. The maximum absolute atomic E-state index is 12.8. The third-order valence-electron chi connectivity index (χ3n) is 5.86. The van der Waals surface area contributed by atoms with Crippen molar-refractivity contribution in [3.05, 3.63) is 65.7 Å². The number of ether oxygens (including phenoxy) is 2. The highest BCUT2D eigenvalue weighted by atomic mass is 32.2. The number of methoxy groups -OCH3 is 2. The van der Waals surface area contributed by atoms with Crippen LogP contribution in [0.3, 0.4) is 0 Å². The van der Waals surface area contributed by atoms with Gasteiger partial charge in [0.25, 0.3) is 0 Å². The lowest BCUT2D eigenvalue weighted by Gasteiger charge is -2.11. The van der Waals surface area contributed by atoms with Crippen LogP contribution in [0.4, 0.5) is 5.69 Å². The van der Waals surface area contributed by atoms with Crippen molar-refractivity contribution in [1.82, 2.24) is 29.4 Å². The summed E-state index contributed by atoms with van der Waals surface area (Å²) in [6, 6.07) is 15.1. The van der Waals surface area contributed by atoms with Gasteiger partial charge in [0.15, 0.2) is 16.6 Å². The highest BCUT2D eigenvalue weighted by molar-refractivity contribution is 7.99. The van der Waals surface area contributed by atoms with Crippen LogP contribution in [-0.2, 0) is 17.8 Å². The summed E-state index contributed by atoms with van der Waals surface area (Å²) < 4.78 is 14.3. The third-order valence-corrected chi connectivity index (χ3v) is 6.79. The van der Waals surface area contributed by atoms with Crippen LogP contribution in [0.2, 0.25) is 0 Å². The number of para-hydroxylation sites is 1. The Morgan fingerprint density at radius 2 is 1.86 bits per heavy atom. The normalized spacial score (nSPS) is 11.2. The first-order chi connectivity index (χ1) is 17.9. The van der Waals surface area contributed by atoms with Crippen LogP contribution in [0.25, 0.3) is 16.6 Å². The fourth-order valence-electron chi connectivity index (χ4n) is 4.10. The lowest BCUT2D eigenvalue weighted by molar-refractivity contribution is -0.113. The van der Waals surface area contributed by atoms with Gasteiger partial charge in [-0.3, -0.25) is 9.48 Å². The molecule has 190 valence electrons. The zero-order valence-corrected chi connectivity index (χ0v) is 21.9. The van der Waals surface area contributed by atoms with Gasteiger partial charge in [-0.1, -0.05) is 23.9 Å². The lowest BCUT2D eigenvalue weighted by Crippen LogP contribution is -2.15. The summed E-state index contributed by atoms with van der Waals surface area (Å²) in [7, 11) is 3.13. The van der Waals surface area contributed by atoms with E-state index < -0.39 is 0 Å². The summed E-state index contributed by atoms with van der Waals surface area (Å²) in [6.07, 6.45) is 0.625. The first-order valence-corrected chi connectivity index (χ1v) is 12.7. The highest BCUT2D eigenvalue weighted by Crippen LogP contribution is 2.30. The molecule has 0 atom stereocenters. The predicted octanol–water partition coefficient (Wildman–Crippen LogP) is 4.08. The first kappa shape index (κ1) is 24.6. The van der Waals surface area contributed by atoms with Gasteiger partial charge in [-0.05, 0) is 44.2 Å². The summed E-state index contributed by atoms with van der Waals surface area (Å²) in [6.45, 7) is 4.70. The number of amides is 1. The van der Waals surface area contributed by atoms with E-state index in [1.807, 2.05) is 42.8 Å². The van der Waals surface area contributed by atoms with Crippen molar-refractivity contribution >= 4 is 39.9 Å². The number of fused-ring (bicyclic) bond motifs is 3. The van der Waals surface area contributed by atoms with E-state index in [2.05, 4.69) is 16.5 Å². The van der Waals surface area contributed by atoms with Crippen molar-refractivity contribution in [2.75, 3.05) is 25.3 Å². The third kappa shape index (κ3) is 5.21. The largest absolute Gasteiger partial charge is 0.497 e. The number of nitrogens with one attached hydrogen (secondary N) is 1. The van der Waals surface area contributed by atoms with E-state index in [-0.39, 0.29) is 11.7 Å². The van der Waals surface area contributed by atoms with Crippen molar-refractivity contribution in [2.45, 2.75) is 32.0 Å². The van der Waals surface area contributed by atoms with Gasteiger partial charge in [-0.2, -0.15) is 9.61 Å². The molecule has 5 rings (SSSR count). The molecule has 0 aliphatic carbocycles. The number of hydrogen-bond acceptors (Lipinski definition) is 8. The fraction of sp³-hybridized carbons (Fsp3) is 0.269. The molecule has 0 radical (unpaired) electrons. The van der Waals surface area contributed by atoms with Crippen LogP contribution in [0.1, 0.15) is 17.2 Å². The number of aromatic nitrogens is 6. The van der Waals surface area contributed by atoms with Crippen LogP contribution in [0.15, 0.2) is 53.7 Å². The van der Waals surface area contributed by atoms with E-state index in [1.54, 1.807) is 36.9 Å². The quantitative estimate of drug-likeness (QED) is 0.230. The molecule has 0 spiro atoms. The molecule has 3 aromatic heterocycles. The van der Waals surface area contributed by atoms with Gasteiger partial charge in [-0.25, -0.2) is 9.97 Å². The SMILES string of the molecule is COc1ccc(NC(=O)CSc2nc3ccccc3c3nc(CCn4nc(C)cc4C)nn23)c(OC)c1. The van der Waals surface area contributed by atoms with Gasteiger partial charge < -0.3 is 14.8 Å². The highest BCUT2D eigenvalue weighted by Gasteiger charge is 2.16. The van der Waals surface area contributed by atoms with Gasteiger partial charge in [-0.15, -0.1) is 5.10 Å². The second kappa shape index (κ2) is 10.5. The molecule has 10 nitrogen and oxygen atoms in total. The molecule has 0 unspecified atom stereocenters. The maximum atomic E-state index is 12.8. The van der Waals surface area contributed by atoms with E-state index in [9.17, 15) is 4.79 Å². The van der Waals surface area contributed by atoms with Gasteiger partial charge in [0, 0.05) is 30.1 Å². The Hall–Kier alpha value is -4.12. The van der Waals surface area contributed by atoms with E-state index >= 15 is 0 Å². The Morgan fingerprint density at radius 1 is 1.03 bits per heavy atom. The molecule has 0 bridgehead atoms. The summed E-state index contributed by atoms with van der Waals surface area (Å²) in [5.41, 5.74) is 4.17. The van der Waals surface area contributed by atoms with Crippen LogP contribution < -0.4 is 14.8 Å². The zero-order chi connectivity index (χ0) is 25.9. The molecule has 0 aliphatic heterocycles. The Bertz CT molecular complexity index is 1590. The molecule has 37 heavy (non-hydrogen) atoms. The molecule has 0 saturated heterocycles. The molecule has 0 aliphatic rings. The molecule has 3 heterocycles. The molecule has 5 aromatic rings. The van der Waals surface area contributed by atoms with Crippen molar-refractivity contribution in [3.8, 4) is 11.5 Å². The van der Waals surface area contributed by atoms with Gasteiger partial charge in [0.1, 0.15) is 11.5 Å². The number of aryl methyl sites for hydroxylation is 4. The topological polar surface area (TPSA) is 108 Å². The molecule has 1 N–H and O–H groups in total. The fourth-order valence-corrected chi connectivity index (χ4v) is 4.84. The first-order valence-electron chi connectivity index (χ1n) is 11.8. The molecular formula is C26H27N7O3S. The summed E-state index contributed by atoms with van der Waals surface area (Å²) in [4.78, 5) is 22.4. The number of hydrogen-bond donors (Lipinski definition) is 1. The minimum Gasteiger partial charge on any atom is -0.497 e. The number of benzene rings is 2. The summed E-state index contributed by atoms with van der Waals surface area (Å²) >= 11 is 1.30. The second-order valence-electron chi connectivity index (χ2n) is 8.48. The molecule has 11 heteroatoms. The second-order valence-corrected chi connectivity index (χ2v) is 9.42. The molecule has 1 amide bonds. The number of thioether (sulfide) groups is 1. The minimum absolute atomic E-state index is 0.135. The van der Waals surface area contributed by atoms with Crippen LogP contribution in [-0.4, -0.2) is 55.2 Å². The van der Waals surface area contributed by atoms with Crippen molar-refractivity contribution in [1.29, 1.82) is 0 Å². The standard InChI is InChI=1S/C26H27N7O3S/c1-16-13-17(2)32(30-16)12-11-23-29-25-19-7-5-6-8-20(19)28-26(33(25)31-23)37-15-24(34)27-21-10-9-18(35-3)14-22(21)36-4/h5-10,13-14H,11-12,15H2,1-4H3,(H,27,34). The van der Waals surface area contributed by atoms with Crippen molar-refractivity contribution in [3.63, 3.8) is 0 Å². The number of carbonyl (C=O) groups excluding carboxylic acids is 1. The minimum atomic E-state index is -0.193. The van der Waals surface area contributed by atoms with Crippen molar-refractivity contribution < 1.29 is 14.3 Å². The van der Waals surface area contributed by atoms with E-state index in [4.69, 9.17) is 24.5 Å². The Balaban J connectivity index is 1.37. The zero-order valence-electron chi connectivity index (χ0n) is 21.1. The Kier molecular flexibility index (Phi) is 6.95. The number of nitrogens with zero attached hydrogens (tertiary/aromatic N) is 6. The van der Waals surface area contributed by atoms with E-state index in [0.29, 0.717) is 46.8 Å². The average Bonchev–Trinajstić information content (AvgIpc) is 3.48. The Morgan fingerprint density at radius 3 is 2.62 bits per heavy atom.